The minimum Gasteiger partial charge on any atom is -0.507 e. The lowest BCUT2D eigenvalue weighted by Gasteiger charge is -2.43. The van der Waals surface area contributed by atoms with Crippen LogP contribution in [0, 0.1) is 13.8 Å². The summed E-state index contributed by atoms with van der Waals surface area (Å²) in [5, 5.41) is 21.2. The molecule has 188 valence electrons. The number of aliphatic hydroxyl groups is 1. The fourth-order valence-corrected chi connectivity index (χ4v) is 5.16. The molecule has 0 aromatic heterocycles. The zero-order valence-electron chi connectivity index (χ0n) is 19.6. The van der Waals surface area contributed by atoms with Crippen LogP contribution in [0.2, 0.25) is 0 Å². The van der Waals surface area contributed by atoms with Crippen molar-refractivity contribution in [3.8, 4) is 5.75 Å². The summed E-state index contributed by atoms with van der Waals surface area (Å²) < 4.78 is 68.1. The molecular weight excluding hydrogens is 471 g/mol. The van der Waals surface area contributed by atoms with Gasteiger partial charge in [-0.1, -0.05) is 12.1 Å². The molecule has 2 N–H and O–H groups in total. The molecule has 1 saturated heterocycles. The molecule has 1 aliphatic rings. The molecule has 0 aliphatic carbocycles. The maximum absolute atomic E-state index is 12.9. The van der Waals surface area contributed by atoms with E-state index >= 15 is 0 Å². The highest BCUT2D eigenvalue weighted by Crippen LogP contribution is 2.38. The lowest BCUT2D eigenvalue weighted by molar-refractivity contribution is -0.137. The number of alkyl halides is 3. The van der Waals surface area contributed by atoms with E-state index in [-0.39, 0.29) is 18.6 Å². The molecule has 1 heterocycles. The molecule has 3 rings (SSSR count). The monoisotopic (exact) mass is 501 g/mol. The SMILES string of the molecule is Cc1cc(C(OS(C)(=O)=O)C(C)N2CCC(O)(c3ccc(C(F)(F)F)cc3)CC2)cc(C)c1O. The fourth-order valence-electron chi connectivity index (χ4n) is 4.51. The van der Waals surface area contributed by atoms with Crippen molar-refractivity contribution in [3.05, 3.63) is 64.2 Å². The van der Waals surface area contributed by atoms with Gasteiger partial charge in [-0.05, 0) is 80.1 Å². The maximum Gasteiger partial charge on any atom is 0.416 e. The highest BCUT2D eigenvalue weighted by Gasteiger charge is 2.39. The Kier molecular flexibility index (Phi) is 7.38. The summed E-state index contributed by atoms with van der Waals surface area (Å²) >= 11 is 0. The van der Waals surface area contributed by atoms with Gasteiger partial charge in [0.25, 0.3) is 10.1 Å². The number of rotatable bonds is 6. The first-order valence-electron chi connectivity index (χ1n) is 10.9. The minimum absolute atomic E-state index is 0.133. The van der Waals surface area contributed by atoms with Gasteiger partial charge in [-0.3, -0.25) is 9.08 Å². The van der Waals surface area contributed by atoms with Crippen LogP contribution in [0.25, 0.3) is 0 Å². The first-order valence-corrected chi connectivity index (χ1v) is 12.7. The molecule has 2 aromatic carbocycles. The van der Waals surface area contributed by atoms with Gasteiger partial charge in [-0.15, -0.1) is 0 Å². The Morgan fingerprint density at radius 2 is 1.56 bits per heavy atom. The van der Waals surface area contributed by atoms with Crippen molar-refractivity contribution in [2.75, 3.05) is 19.3 Å². The number of aryl methyl sites for hydroxylation is 2. The lowest BCUT2D eigenvalue weighted by atomic mass is 9.83. The van der Waals surface area contributed by atoms with E-state index < -0.39 is 39.6 Å². The average molecular weight is 502 g/mol. The predicted molar refractivity (Wildman–Crippen MR) is 122 cm³/mol. The van der Waals surface area contributed by atoms with Crippen LogP contribution in [0.1, 0.15) is 53.7 Å². The summed E-state index contributed by atoms with van der Waals surface area (Å²) in [5.41, 5.74) is 0.167. The number of likely N-dealkylation sites (tertiary alicyclic amines) is 1. The van der Waals surface area contributed by atoms with E-state index in [9.17, 15) is 31.8 Å². The second-order valence-corrected chi connectivity index (χ2v) is 10.7. The highest BCUT2D eigenvalue weighted by atomic mass is 32.2. The van der Waals surface area contributed by atoms with Gasteiger partial charge in [-0.2, -0.15) is 21.6 Å². The molecule has 0 radical (unpaired) electrons. The number of piperidine rings is 1. The molecule has 0 saturated carbocycles. The van der Waals surface area contributed by atoms with Gasteiger partial charge in [0.2, 0.25) is 0 Å². The number of hydrogen-bond donors (Lipinski definition) is 2. The molecule has 34 heavy (non-hydrogen) atoms. The van der Waals surface area contributed by atoms with Crippen LogP contribution in [-0.2, 0) is 26.1 Å². The molecule has 0 bridgehead atoms. The van der Waals surface area contributed by atoms with Crippen molar-refractivity contribution in [1.82, 2.24) is 4.90 Å². The van der Waals surface area contributed by atoms with Crippen LogP contribution in [0.3, 0.4) is 0 Å². The quantitative estimate of drug-likeness (QED) is 0.570. The van der Waals surface area contributed by atoms with Crippen molar-refractivity contribution < 1.29 is 36.0 Å². The number of phenolic OH excluding ortho intramolecular Hbond substituents is 1. The predicted octanol–water partition coefficient (Wildman–Crippen LogP) is 4.42. The van der Waals surface area contributed by atoms with Gasteiger partial charge >= 0.3 is 6.18 Å². The zero-order valence-corrected chi connectivity index (χ0v) is 20.4. The fraction of sp³-hybridized carbons (Fsp3) is 0.500. The Hall–Kier alpha value is -2.14. The number of aromatic hydroxyl groups is 1. The summed E-state index contributed by atoms with van der Waals surface area (Å²) in [4.78, 5) is 1.99. The number of benzene rings is 2. The summed E-state index contributed by atoms with van der Waals surface area (Å²) in [6, 6.07) is 7.53. The molecule has 1 aliphatic heterocycles. The summed E-state index contributed by atoms with van der Waals surface area (Å²) in [6.07, 6.45) is -3.78. The molecule has 1 fully saturated rings. The topological polar surface area (TPSA) is 87.1 Å². The Morgan fingerprint density at radius 3 is 2.00 bits per heavy atom. The van der Waals surface area contributed by atoms with Gasteiger partial charge < -0.3 is 10.2 Å². The van der Waals surface area contributed by atoms with Gasteiger partial charge in [0.05, 0.1) is 17.4 Å². The van der Waals surface area contributed by atoms with E-state index in [2.05, 4.69) is 0 Å². The molecular formula is C24H30F3NO5S. The van der Waals surface area contributed by atoms with Gasteiger partial charge in [0, 0.05) is 19.1 Å². The molecule has 2 aromatic rings. The first kappa shape index (κ1) is 26.5. The van der Waals surface area contributed by atoms with Gasteiger partial charge in [0.15, 0.2) is 0 Å². The lowest BCUT2D eigenvalue weighted by Crippen LogP contribution is -2.48. The highest BCUT2D eigenvalue weighted by molar-refractivity contribution is 7.86. The van der Waals surface area contributed by atoms with E-state index in [1.165, 1.54) is 12.1 Å². The second kappa shape index (κ2) is 9.49. The molecule has 2 unspecified atom stereocenters. The van der Waals surface area contributed by atoms with Crippen LogP contribution in [0.4, 0.5) is 13.2 Å². The van der Waals surface area contributed by atoms with Crippen LogP contribution in [0.5, 0.6) is 5.75 Å². The van der Waals surface area contributed by atoms with Crippen LogP contribution in [-0.4, -0.2) is 48.9 Å². The molecule has 2 atom stereocenters. The van der Waals surface area contributed by atoms with Crippen molar-refractivity contribution in [3.63, 3.8) is 0 Å². The van der Waals surface area contributed by atoms with E-state index in [0.717, 1.165) is 18.4 Å². The smallest absolute Gasteiger partial charge is 0.416 e. The summed E-state index contributed by atoms with van der Waals surface area (Å²) in [5.74, 6) is 0.133. The maximum atomic E-state index is 12.9. The first-order chi connectivity index (χ1) is 15.6. The number of nitrogens with zero attached hydrogens (tertiary/aromatic N) is 1. The van der Waals surface area contributed by atoms with Gasteiger partial charge in [0.1, 0.15) is 11.9 Å². The average Bonchev–Trinajstić information content (AvgIpc) is 2.74. The van der Waals surface area contributed by atoms with Crippen LogP contribution < -0.4 is 0 Å². The van der Waals surface area contributed by atoms with E-state index in [1.807, 2.05) is 11.8 Å². The Balaban J connectivity index is 1.80. The standard InChI is InChI=1S/C24H30F3NO5S/c1-15-13-18(14-16(2)21(15)29)22(33-34(4,31)32)17(3)28-11-9-23(30,10-12-28)19-5-7-20(8-6-19)24(25,26)27/h5-8,13-14,17,22,29-30H,9-12H2,1-4H3. The molecule has 0 amide bonds. The summed E-state index contributed by atoms with van der Waals surface area (Å²) in [6.45, 7) is 6.05. The Labute approximate surface area is 198 Å². The molecule has 10 heteroatoms. The van der Waals surface area contributed by atoms with E-state index in [0.29, 0.717) is 35.3 Å². The Morgan fingerprint density at radius 1 is 1.06 bits per heavy atom. The molecule has 0 spiro atoms. The zero-order chi connectivity index (χ0) is 25.5. The van der Waals surface area contributed by atoms with Crippen LogP contribution in [0.15, 0.2) is 36.4 Å². The van der Waals surface area contributed by atoms with Crippen LogP contribution >= 0.6 is 0 Å². The number of hydrogen-bond acceptors (Lipinski definition) is 6. The van der Waals surface area contributed by atoms with Crippen molar-refractivity contribution >= 4 is 10.1 Å². The van der Waals surface area contributed by atoms with E-state index in [4.69, 9.17) is 4.18 Å². The van der Waals surface area contributed by atoms with Gasteiger partial charge in [-0.25, -0.2) is 0 Å². The third kappa shape index (κ3) is 5.91. The minimum atomic E-state index is -4.44. The van der Waals surface area contributed by atoms with Crippen molar-refractivity contribution in [2.45, 2.75) is 57.5 Å². The second-order valence-electron chi connectivity index (χ2n) is 9.11. The largest absolute Gasteiger partial charge is 0.507 e. The van der Waals surface area contributed by atoms with E-state index in [1.54, 1.807) is 26.0 Å². The van der Waals surface area contributed by atoms with Crippen molar-refractivity contribution in [2.24, 2.45) is 0 Å². The van der Waals surface area contributed by atoms with Crippen molar-refractivity contribution in [1.29, 1.82) is 0 Å². The normalized spacial score (nSPS) is 19.1. The number of phenols is 1. The number of halogens is 3. The third-order valence-electron chi connectivity index (χ3n) is 6.51. The molecule has 6 nitrogen and oxygen atoms in total. The summed E-state index contributed by atoms with van der Waals surface area (Å²) in [7, 11) is -3.80. The Bertz CT molecular complexity index is 1100. The third-order valence-corrected chi connectivity index (χ3v) is 7.07.